The third kappa shape index (κ3) is 4.74. The summed E-state index contributed by atoms with van der Waals surface area (Å²) in [6.07, 6.45) is -0.116. The molecule has 0 saturated heterocycles. The summed E-state index contributed by atoms with van der Waals surface area (Å²) in [5, 5.41) is 11.9. The van der Waals surface area contributed by atoms with Crippen molar-refractivity contribution in [1.29, 1.82) is 0 Å². The summed E-state index contributed by atoms with van der Waals surface area (Å²) in [7, 11) is 5.04. The predicted molar refractivity (Wildman–Crippen MR) is 93.9 cm³/mol. The SMILES string of the molecule is COc1cc(-c2ncn(/C=C\c3nnc(CN(C)C)o3)n2)cc(C(F)(F)F)c1. The van der Waals surface area contributed by atoms with E-state index in [2.05, 4.69) is 20.3 Å². The average molecular weight is 394 g/mol. The fraction of sp³-hybridized carbons (Fsp3) is 0.294. The smallest absolute Gasteiger partial charge is 0.416 e. The van der Waals surface area contributed by atoms with E-state index in [4.69, 9.17) is 9.15 Å². The molecule has 8 nitrogen and oxygen atoms in total. The first kappa shape index (κ1) is 19.5. The normalized spacial score (nSPS) is 12.2. The van der Waals surface area contributed by atoms with Gasteiger partial charge >= 0.3 is 6.18 Å². The molecule has 11 heteroatoms. The first-order chi connectivity index (χ1) is 13.2. The quantitative estimate of drug-likeness (QED) is 0.636. The summed E-state index contributed by atoms with van der Waals surface area (Å²) in [4.78, 5) is 5.93. The molecule has 0 fully saturated rings. The molecule has 1 aromatic carbocycles. The van der Waals surface area contributed by atoms with Gasteiger partial charge in [0, 0.05) is 17.8 Å². The lowest BCUT2D eigenvalue weighted by atomic mass is 10.1. The topological polar surface area (TPSA) is 82.1 Å². The maximum Gasteiger partial charge on any atom is 0.416 e. The molecule has 2 heterocycles. The van der Waals surface area contributed by atoms with Crippen LogP contribution in [0.5, 0.6) is 5.75 Å². The summed E-state index contributed by atoms with van der Waals surface area (Å²) < 4.78 is 50.9. The van der Waals surface area contributed by atoms with Crippen molar-refractivity contribution in [2.45, 2.75) is 12.7 Å². The Labute approximate surface area is 158 Å². The molecule has 0 unspecified atom stereocenters. The van der Waals surface area contributed by atoms with Gasteiger partial charge in [-0.25, -0.2) is 9.67 Å². The van der Waals surface area contributed by atoms with Crippen LogP contribution in [0.3, 0.4) is 0 Å². The molecule has 0 spiro atoms. The molecule has 0 N–H and O–H groups in total. The van der Waals surface area contributed by atoms with Crippen molar-refractivity contribution in [3.8, 4) is 17.1 Å². The van der Waals surface area contributed by atoms with Gasteiger partial charge in [0.1, 0.15) is 12.1 Å². The lowest BCUT2D eigenvalue weighted by Gasteiger charge is -2.10. The zero-order valence-electron chi connectivity index (χ0n) is 15.3. The van der Waals surface area contributed by atoms with E-state index in [0.717, 1.165) is 12.1 Å². The van der Waals surface area contributed by atoms with Gasteiger partial charge in [0.05, 0.1) is 19.2 Å². The van der Waals surface area contributed by atoms with Crippen molar-refractivity contribution in [3.05, 3.63) is 41.9 Å². The Hall–Kier alpha value is -3.21. The molecule has 0 saturated carbocycles. The minimum atomic E-state index is -4.51. The zero-order chi connectivity index (χ0) is 20.3. The number of benzene rings is 1. The molecule has 3 rings (SSSR count). The minimum absolute atomic E-state index is 0.0657. The van der Waals surface area contributed by atoms with Crippen LogP contribution >= 0.6 is 0 Å². The van der Waals surface area contributed by atoms with E-state index in [1.807, 2.05) is 19.0 Å². The highest BCUT2D eigenvalue weighted by molar-refractivity contribution is 5.60. The van der Waals surface area contributed by atoms with Crippen LogP contribution in [0.2, 0.25) is 0 Å². The fourth-order valence-corrected chi connectivity index (χ4v) is 2.30. The van der Waals surface area contributed by atoms with Gasteiger partial charge in [0.2, 0.25) is 11.8 Å². The molecule has 2 aromatic heterocycles. The van der Waals surface area contributed by atoms with Crippen LogP contribution in [0.4, 0.5) is 13.2 Å². The van der Waals surface area contributed by atoms with E-state index in [1.54, 1.807) is 0 Å². The molecule has 28 heavy (non-hydrogen) atoms. The molecule has 0 amide bonds. The van der Waals surface area contributed by atoms with Gasteiger partial charge in [0.25, 0.3) is 0 Å². The second-order valence-corrected chi connectivity index (χ2v) is 6.08. The summed E-state index contributed by atoms with van der Waals surface area (Å²) in [6.45, 7) is 0.506. The highest BCUT2D eigenvalue weighted by Gasteiger charge is 2.31. The molecule has 0 aliphatic carbocycles. The number of methoxy groups -OCH3 is 1. The molecular weight excluding hydrogens is 377 g/mol. The van der Waals surface area contributed by atoms with Crippen LogP contribution < -0.4 is 4.74 Å². The first-order valence-corrected chi connectivity index (χ1v) is 8.07. The summed E-state index contributed by atoms with van der Waals surface area (Å²) in [5.74, 6) is 0.915. The van der Waals surface area contributed by atoms with Crippen molar-refractivity contribution in [1.82, 2.24) is 29.9 Å². The molecule has 0 bridgehead atoms. The highest BCUT2D eigenvalue weighted by Crippen LogP contribution is 2.34. The lowest BCUT2D eigenvalue weighted by Crippen LogP contribution is -2.10. The van der Waals surface area contributed by atoms with Crippen molar-refractivity contribution in [3.63, 3.8) is 0 Å². The van der Waals surface area contributed by atoms with Crippen LogP contribution in [-0.2, 0) is 12.7 Å². The molecule has 0 radical (unpaired) electrons. The van der Waals surface area contributed by atoms with Gasteiger partial charge in [-0.05, 0) is 32.3 Å². The van der Waals surface area contributed by atoms with Crippen molar-refractivity contribution >= 4 is 12.3 Å². The first-order valence-electron chi connectivity index (χ1n) is 8.07. The number of alkyl halides is 3. The number of hydrogen-bond acceptors (Lipinski definition) is 7. The van der Waals surface area contributed by atoms with E-state index in [-0.39, 0.29) is 23.0 Å². The maximum absolute atomic E-state index is 13.1. The van der Waals surface area contributed by atoms with Crippen molar-refractivity contribution in [2.75, 3.05) is 21.2 Å². The largest absolute Gasteiger partial charge is 0.497 e. The Bertz CT molecular complexity index is 977. The molecule has 3 aromatic rings. The van der Waals surface area contributed by atoms with E-state index in [9.17, 15) is 13.2 Å². The van der Waals surface area contributed by atoms with E-state index in [0.29, 0.717) is 12.4 Å². The molecule has 0 atom stereocenters. The van der Waals surface area contributed by atoms with Gasteiger partial charge in [0.15, 0.2) is 5.82 Å². The summed E-state index contributed by atoms with van der Waals surface area (Å²) in [5.41, 5.74) is -0.655. The lowest BCUT2D eigenvalue weighted by molar-refractivity contribution is -0.137. The zero-order valence-corrected chi connectivity index (χ0v) is 15.3. The third-order valence-electron chi connectivity index (χ3n) is 3.54. The Balaban J connectivity index is 1.81. The van der Waals surface area contributed by atoms with Crippen LogP contribution in [0, 0.1) is 0 Å². The van der Waals surface area contributed by atoms with Gasteiger partial charge in [-0.2, -0.15) is 13.2 Å². The Morgan fingerprint density at radius 1 is 1.21 bits per heavy atom. The Kier molecular flexibility index (Phi) is 5.45. The molecule has 148 valence electrons. The number of nitrogens with zero attached hydrogens (tertiary/aromatic N) is 6. The Morgan fingerprint density at radius 2 is 2.00 bits per heavy atom. The van der Waals surface area contributed by atoms with Crippen LogP contribution in [0.15, 0.2) is 28.9 Å². The van der Waals surface area contributed by atoms with Crippen molar-refractivity contribution in [2.24, 2.45) is 0 Å². The minimum Gasteiger partial charge on any atom is -0.497 e. The molecule has 0 aliphatic heterocycles. The highest BCUT2D eigenvalue weighted by atomic mass is 19.4. The van der Waals surface area contributed by atoms with Crippen LogP contribution in [0.25, 0.3) is 23.7 Å². The van der Waals surface area contributed by atoms with E-state index >= 15 is 0 Å². The fourth-order valence-electron chi connectivity index (χ4n) is 2.30. The monoisotopic (exact) mass is 394 g/mol. The Morgan fingerprint density at radius 3 is 2.68 bits per heavy atom. The maximum atomic E-state index is 13.1. The van der Waals surface area contributed by atoms with E-state index in [1.165, 1.54) is 36.5 Å². The number of halogens is 3. The van der Waals surface area contributed by atoms with E-state index < -0.39 is 11.7 Å². The molecule has 0 aliphatic rings. The number of ether oxygens (including phenoxy) is 1. The van der Waals surface area contributed by atoms with Gasteiger partial charge < -0.3 is 14.1 Å². The number of aromatic nitrogens is 5. The summed E-state index contributed by atoms with van der Waals surface area (Å²) in [6, 6.07) is 3.32. The van der Waals surface area contributed by atoms with Crippen molar-refractivity contribution < 1.29 is 22.3 Å². The van der Waals surface area contributed by atoms with Gasteiger partial charge in [-0.15, -0.1) is 15.3 Å². The van der Waals surface area contributed by atoms with Gasteiger partial charge in [-0.3, -0.25) is 0 Å². The average Bonchev–Trinajstić information content (AvgIpc) is 3.27. The van der Waals surface area contributed by atoms with Crippen LogP contribution in [0.1, 0.15) is 17.3 Å². The number of rotatable bonds is 6. The van der Waals surface area contributed by atoms with Gasteiger partial charge in [-0.1, -0.05) is 0 Å². The molecular formula is C17H17F3N6O2. The second-order valence-electron chi connectivity index (χ2n) is 6.08. The predicted octanol–water partition coefficient (Wildman–Crippen LogP) is 3.05. The van der Waals surface area contributed by atoms with Crippen LogP contribution in [-0.4, -0.2) is 51.1 Å². The standard InChI is InChI=1S/C17H17F3N6O2/c1-25(2)9-15-23-22-14(28-15)4-5-26-10-21-16(24-26)11-6-12(17(18,19)20)8-13(7-11)27-3/h4-8,10H,9H2,1-3H3/b5-4-. The number of hydrogen-bond donors (Lipinski definition) is 0. The third-order valence-corrected chi connectivity index (χ3v) is 3.54. The summed E-state index contributed by atoms with van der Waals surface area (Å²) >= 11 is 0. The second kappa shape index (κ2) is 7.80.